The Morgan fingerprint density at radius 3 is 2.58 bits per heavy atom. The Morgan fingerprint density at radius 2 is 1.89 bits per heavy atom. The second-order valence-electron chi connectivity index (χ2n) is 4.63. The van der Waals surface area contributed by atoms with Gasteiger partial charge in [-0.1, -0.05) is 19.1 Å². The molecule has 2 nitrogen and oxygen atoms in total. The van der Waals surface area contributed by atoms with E-state index in [-0.39, 0.29) is 5.82 Å². The zero-order chi connectivity index (χ0) is 13.5. The SMILES string of the molecule is CCCNCc1ccc(Cc2ccncc2)c(F)c1. The normalized spacial score (nSPS) is 10.6. The quantitative estimate of drug-likeness (QED) is 0.804. The van der Waals surface area contributed by atoms with Crippen molar-refractivity contribution in [2.45, 2.75) is 26.3 Å². The zero-order valence-corrected chi connectivity index (χ0v) is 11.2. The second kappa shape index (κ2) is 7.00. The third-order valence-electron chi connectivity index (χ3n) is 3.02. The van der Waals surface area contributed by atoms with Gasteiger partial charge in [0.25, 0.3) is 0 Å². The van der Waals surface area contributed by atoms with E-state index in [1.54, 1.807) is 18.5 Å². The average molecular weight is 258 g/mol. The van der Waals surface area contributed by atoms with Gasteiger partial charge in [0.05, 0.1) is 0 Å². The molecule has 0 bridgehead atoms. The molecule has 1 heterocycles. The van der Waals surface area contributed by atoms with Crippen molar-refractivity contribution in [3.8, 4) is 0 Å². The van der Waals surface area contributed by atoms with Crippen molar-refractivity contribution >= 4 is 0 Å². The van der Waals surface area contributed by atoms with Gasteiger partial charge in [0, 0.05) is 25.4 Å². The maximum absolute atomic E-state index is 14.0. The maximum atomic E-state index is 14.0. The van der Waals surface area contributed by atoms with E-state index >= 15 is 0 Å². The summed E-state index contributed by atoms with van der Waals surface area (Å²) in [6.07, 6.45) is 5.16. The minimum absolute atomic E-state index is 0.132. The van der Waals surface area contributed by atoms with Crippen molar-refractivity contribution in [1.82, 2.24) is 10.3 Å². The number of rotatable bonds is 6. The lowest BCUT2D eigenvalue weighted by Gasteiger charge is -2.07. The van der Waals surface area contributed by atoms with Crippen LogP contribution in [0.25, 0.3) is 0 Å². The lowest BCUT2D eigenvalue weighted by atomic mass is 10.0. The van der Waals surface area contributed by atoms with E-state index < -0.39 is 0 Å². The Balaban J connectivity index is 2.03. The van der Waals surface area contributed by atoms with Crippen LogP contribution in [0.1, 0.15) is 30.0 Å². The van der Waals surface area contributed by atoms with Crippen molar-refractivity contribution in [3.05, 3.63) is 65.2 Å². The van der Waals surface area contributed by atoms with Crippen molar-refractivity contribution in [2.75, 3.05) is 6.54 Å². The summed E-state index contributed by atoms with van der Waals surface area (Å²) in [5.41, 5.74) is 2.79. The Morgan fingerprint density at radius 1 is 1.11 bits per heavy atom. The summed E-state index contributed by atoms with van der Waals surface area (Å²) < 4.78 is 14.0. The lowest BCUT2D eigenvalue weighted by molar-refractivity contribution is 0.606. The first-order chi connectivity index (χ1) is 9.29. The molecule has 0 aliphatic carbocycles. The molecule has 0 unspecified atom stereocenters. The highest BCUT2D eigenvalue weighted by Crippen LogP contribution is 2.14. The fourth-order valence-corrected chi connectivity index (χ4v) is 1.97. The lowest BCUT2D eigenvalue weighted by Crippen LogP contribution is -2.14. The van der Waals surface area contributed by atoms with Gasteiger partial charge in [0.15, 0.2) is 0 Å². The monoisotopic (exact) mass is 258 g/mol. The number of nitrogens with zero attached hydrogens (tertiary/aromatic N) is 1. The Kier molecular flexibility index (Phi) is 5.04. The fourth-order valence-electron chi connectivity index (χ4n) is 1.97. The van der Waals surface area contributed by atoms with E-state index in [2.05, 4.69) is 17.2 Å². The number of benzene rings is 1. The highest BCUT2D eigenvalue weighted by atomic mass is 19.1. The predicted octanol–water partition coefficient (Wildman–Crippen LogP) is 3.31. The Hall–Kier alpha value is -1.74. The number of hydrogen-bond acceptors (Lipinski definition) is 2. The van der Waals surface area contributed by atoms with Gasteiger partial charge in [-0.2, -0.15) is 0 Å². The number of hydrogen-bond donors (Lipinski definition) is 1. The average Bonchev–Trinajstić information content (AvgIpc) is 2.43. The van der Waals surface area contributed by atoms with Crippen molar-refractivity contribution in [1.29, 1.82) is 0 Å². The van der Waals surface area contributed by atoms with E-state index in [4.69, 9.17) is 0 Å². The maximum Gasteiger partial charge on any atom is 0.127 e. The molecule has 19 heavy (non-hydrogen) atoms. The van der Waals surface area contributed by atoms with E-state index in [0.29, 0.717) is 6.42 Å². The van der Waals surface area contributed by atoms with Crippen molar-refractivity contribution in [3.63, 3.8) is 0 Å². The highest BCUT2D eigenvalue weighted by Gasteiger charge is 2.04. The molecular formula is C16H19FN2. The molecule has 2 aromatic rings. The van der Waals surface area contributed by atoms with Crippen LogP contribution in [0.15, 0.2) is 42.7 Å². The molecule has 0 atom stereocenters. The third-order valence-corrected chi connectivity index (χ3v) is 3.02. The number of nitrogens with one attached hydrogen (secondary N) is 1. The Bertz CT molecular complexity index is 511. The molecule has 0 fully saturated rings. The first kappa shape index (κ1) is 13.7. The highest BCUT2D eigenvalue weighted by molar-refractivity contribution is 5.29. The van der Waals surface area contributed by atoms with Crippen LogP contribution in [0.2, 0.25) is 0 Å². The van der Waals surface area contributed by atoms with Crippen LogP contribution in [-0.2, 0) is 13.0 Å². The van der Waals surface area contributed by atoms with Crippen LogP contribution in [0.5, 0.6) is 0 Å². The standard InChI is InChI=1S/C16H19FN2/c1-2-7-19-12-14-3-4-15(16(17)11-14)10-13-5-8-18-9-6-13/h3-6,8-9,11,19H,2,7,10,12H2,1H3. The molecule has 0 aliphatic rings. The van der Waals surface area contributed by atoms with Crippen LogP contribution in [-0.4, -0.2) is 11.5 Å². The molecule has 100 valence electrons. The van der Waals surface area contributed by atoms with E-state index in [1.165, 1.54) is 0 Å². The van der Waals surface area contributed by atoms with Crippen LogP contribution in [0.3, 0.4) is 0 Å². The summed E-state index contributed by atoms with van der Waals surface area (Å²) in [6.45, 7) is 3.80. The van der Waals surface area contributed by atoms with Crippen molar-refractivity contribution in [2.24, 2.45) is 0 Å². The summed E-state index contributed by atoms with van der Waals surface area (Å²) in [5, 5.41) is 3.27. The minimum Gasteiger partial charge on any atom is -0.313 e. The second-order valence-corrected chi connectivity index (χ2v) is 4.63. The molecule has 0 aliphatic heterocycles. The predicted molar refractivity (Wildman–Crippen MR) is 75.4 cm³/mol. The largest absolute Gasteiger partial charge is 0.313 e. The summed E-state index contributed by atoms with van der Waals surface area (Å²) in [7, 11) is 0. The van der Waals surface area contributed by atoms with Crippen molar-refractivity contribution < 1.29 is 4.39 Å². The third kappa shape index (κ3) is 4.14. The first-order valence-electron chi connectivity index (χ1n) is 6.66. The van der Waals surface area contributed by atoms with E-state index in [9.17, 15) is 4.39 Å². The van der Waals surface area contributed by atoms with Gasteiger partial charge in [-0.3, -0.25) is 4.98 Å². The molecule has 2 rings (SSSR count). The molecule has 1 aromatic heterocycles. The molecule has 1 aromatic carbocycles. The van der Waals surface area contributed by atoms with Gasteiger partial charge in [-0.25, -0.2) is 4.39 Å². The molecule has 0 radical (unpaired) electrons. The van der Waals surface area contributed by atoms with Gasteiger partial charge < -0.3 is 5.32 Å². The molecular weight excluding hydrogens is 239 g/mol. The van der Waals surface area contributed by atoms with E-state index in [1.807, 2.05) is 24.3 Å². The van der Waals surface area contributed by atoms with Gasteiger partial charge in [0.2, 0.25) is 0 Å². The molecule has 0 saturated heterocycles. The molecule has 3 heteroatoms. The number of halogens is 1. The molecule has 1 N–H and O–H groups in total. The molecule has 0 spiro atoms. The van der Waals surface area contributed by atoms with E-state index in [0.717, 1.165) is 36.2 Å². The zero-order valence-electron chi connectivity index (χ0n) is 11.2. The summed E-state index contributed by atoms with van der Waals surface area (Å²) in [5.74, 6) is -0.132. The topological polar surface area (TPSA) is 24.9 Å². The van der Waals surface area contributed by atoms with Gasteiger partial charge >= 0.3 is 0 Å². The fraction of sp³-hybridized carbons (Fsp3) is 0.312. The summed E-state index contributed by atoms with van der Waals surface area (Å²) >= 11 is 0. The Labute approximate surface area is 113 Å². The van der Waals surface area contributed by atoms with Crippen LogP contribution < -0.4 is 5.32 Å². The first-order valence-corrected chi connectivity index (χ1v) is 6.66. The number of pyridine rings is 1. The van der Waals surface area contributed by atoms with Crippen LogP contribution in [0, 0.1) is 5.82 Å². The van der Waals surface area contributed by atoms with Gasteiger partial charge in [0.1, 0.15) is 5.82 Å². The molecule has 0 saturated carbocycles. The number of aromatic nitrogens is 1. The van der Waals surface area contributed by atoms with Crippen LogP contribution >= 0.6 is 0 Å². The minimum atomic E-state index is -0.132. The van der Waals surface area contributed by atoms with Crippen LogP contribution in [0.4, 0.5) is 4.39 Å². The van der Waals surface area contributed by atoms with Gasteiger partial charge in [-0.15, -0.1) is 0 Å². The molecule has 0 amide bonds. The summed E-state index contributed by atoms with van der Waals surface area (Å²) in [6, 6.07) is 9.31. The van der Waals surface area contributed by atoms with Gasteiger partial charge in [-0.05, 0) is 47.9 Å². The smallest absolute Gasteiger partial charge is 0.127 e. The summed E-state index contributed by atoms with van der Waals surface area (Å²) in [4.78, 5) is 3.96.